The lowest BCUT2D eigenvalue weighted by Crippen LogP contribution is -2.18. The smallest absolute Gasteiger partial charge is 0.0946 e. The third kappa shape index (κ3) is 5.45. The molecule has 0 saturated carbocycles. The molecule has 1 aromatic heterocycles. The number of fused-ring (bicyclic) bond motifs is 1. The van der Waals surface area contributed by atoms with E-state index < -0.39 is 0 Å². The van der Waals surface area contributed by atoms with Crippen LogP contribution in [0.4, 0.5) is 5.69 Å². The van der Waals surface area contributed by atoms with Crippen molar-refractivity contribution in [2.24, 2.45) is 0 Å². The van der Waals surface area contributed by atoms with Crippen LogP contribution in [-0.4, -0.2) is 4.98 Å². The normalized spacial score (nSPS) is 12.1. The molecule has 0 amide bonds. The van der Waals surface area contributed by atoms with Gasteiger partial charge in [0.2, 0.25) is 0 Å². The molecule has 42 heavy (non-hydrogen) atoms. The van der Waals surface area contributed by atoms with Crippen LogP contribution >= 0.6 is 0 Å². The summed E-state index contributed by atoms with van der Waals surface area (Å²) >= 11 is 0. The predicted octanol–water partition coefficient (Wildman–Crippen LogP) is 11.0. The molecule has 0 aliphatic heterocycles. The molecular weight excluding hydrogens is 508 g/mol. The van der Waals surface area contributed by atoms with Gasteiger partial charge in [-0.15, -0.1) is 0 Å². The van der Waals surface area contributed by atoms with E-state index in [0.29, 0.717) is 11.8 Å². The summed E-state index contributed by atoms with van der Waals surface area (Å²) in [5.74, 6) is 0.761. The van der Waals surface area contributed by atoms with Crippen LogP contribution in [0, 0.1) is 0 Å². The highest BCUT2D eigenvalue weighted by atomic mass is 15.0. The van der Waals surface area contributed by atoms with Gasteiger partial charge in [0.25, 0.3) is 0 Å². The zero-order valence-corrected chi connectivity index (χ0v) is 24.9. The van der Waals surface area contributed by atoms with Crippen LogP contribution in [0.25, 0.3) is 33.2 Å². The van der Waals surface area contributed by atoms with Crippen molar-refractivity contribution in [3.8, 4) is 22.4 Å². The second-order valence-electron chi connectivity index (χ2n) is 11.6. The molecule has 0 aliphatic carbocycles. The molecule has 1 atom stereocenters. The fourth-order valence-corrected chi connectivity index (χ4v) is 6.01. The Labute approximate surface area is 250 Å². The number of benzene rings is 5. The molecular formula is C40H38N2. The van der Waals surface area contributed by atoms with Crippen LogP contribution in [0.3, 0.4) is 0 Å². The Morgan fingerprint density at radius 1 is 0.500 bits per heavy atom. The molecule has 1 unspecified atom stereocenters. The standard InChI is InChI=1S/C40H38N2/c1-27(2)31-22-13-23-32(28(3)4)39(31)42-40(36-21-11-10-20-34(36)29-15-6-5-7-16-29)38-26-14-25-37(41-38)35-24-12-18-30-17-8-9-19-33(30)35/h5-28,40,42H,1-4H3. The Morgan fingerprint density at radius 3 is 1.83 bits per heavy atom. The zero-order chi connectivity index (χ0) is 29.1. The summed E-state index contributed by atoms with van der Waals surface area (Å²) in [5, 5.41) is 6.51. The van der Waals surface area contributed by atoms with Crippen LogP contribution in [0.1, 0.15) is 68.0 Å². The van der Waals surface area contributed by atoms with Crippen molar-refractivity contribution in [1.29, 1.82) is 0 Å². The van der Waals surface area contributed by atoms with Gasteiger partial charge in [0, 0.05) is 11.3 Å². The highest BCUT2D eigenvalue weighted by Crippen LogP contribution is 2.39. The highest BCUT2D eigenvalue weighted by molar-refractivity contribution is 5.95. The Hall–Kier alpha value is -4.69. The van der Waals surface area contributed by atoms with Gasteiger partial charge in [-0.2, -0.15) is 0 Å². The summed E-state index contributed by atoms with van der Waals surface area (Å²) in [5.41, 5.74) is 10.6. The van der Waals surface area contributed by atoms with E-state index in [9.17, 15) is 0 Å². The van der Waals surface area contributed by atoms with E-state index in [1.54, 1.807) is 0 Å². The number of nitrogens with zero attached hydrogens (tertiary/aromatic N) is 1. The SMILES string of the molecule is CC(C)c1cccc(C(C)C)c1NC(c1cccc(-c2cccc3ccccc23)n1)c1ccccc1-c1ccccc1. The van der Waals surface area contributed by atoms with E-state index in [0.717, 1.165) is 17.0 Å². The van der Waals surface area contributed by atoms with E-state index in [1.165, 1.54) is 44.3 Å². The first-order valence-electron chi connectivity index (χ1n) is 15.0. The van der Waals surface area contributed by atoms with Gasteiger partial charge in [0.15, 0.2) is 0 Å². The van der Waals surface area contributed by atoms with Gasteiger partial charge in [-0.3, -0.25) is 4.98 Å². The van der Waals surface area contributed by atoms with Crippen LogP contribution in [-0.2, 0) is 0 Å². The second-order valence-corrected chi connectivity index (χ2v) is 11.6. The van der Waals surface area contributed by atoms with Gasteiger partial charge < -0.3 is 5.32 Å². The molecule has 6 rings (SSSR count). The summed E-state index contributed by atoms with van der Waals surface area (Å²) in [6, 6.07) is 47.5. The molecule has 0 fully saturated rings. The Balaban J connectivity index is 1.56. The molecule has 2 nitrogen and oxygen atoms in total. The fourth-order valence-electron chi connectivity index (χ4n) is 6.01. The molecule has 0 aliphatic rings. The number of anilines is 1. The van der Waals surface area contributed by atoms with Crippen molar-refractivity contribution in [3.05, 3.63) is 156 Å². The number of hydrogen-bond donors (Lipinski definition) is 1. The number of nitrogens with one attached hydrogen (secondary N) is 1. The van der Waals surface area contributed by atoms with Crippen molar-refractivity contribution in [2.45, 2.75) is 45.6 Å². The van der Waals surface area contributed by atoms with Gasteiger partial charge in [0.05, 0.1) is 17.4 Å². The van der Waals surface area contributed by atoms with Crippen molar-refractivity contribution < 1.29 is 0 Å². The molecule has 6 aromatic rings. The van der Waals surface area contributed by atoms with E-state index in [1.807, 2.05) is 0 Å². The summed E-state index contributed by atoms with van der Waals surface area (Å²) in [6.45, 7) is 9.10. The van der Waals surface area contributed by atoms with Crippen molar-refractivity contribution in [2.75, 3.05) is 5.32 Å². The predicted molar refractivity (Wildman–Crippen MR) is 179 cm³/mol. The maximum atomic E-state index is 5.39. The Morgan fingerprint density at radius 2 is 1.07 bits per heavy atom. The third-order valence-corrected chi connectivity index (χ3v) is 8.15. The lowest BCUT2D eigenvalue weighted by atomic mass is 9.89. The first-order valence-corrected chi connectivity index (χ1v) is 15.0. The van der Waals surface area contributed by atoms with Gasteiger partial charge in [-0.1, -0.05) is 149 Å². The summed E-state index contributed by atoms with van der Waals surface area (Å²) in [7, 11) is 0. The zero-order valence-electron chi connectivity index (χ0n) is 24.9. The van der Waals surface area contributed by atoms with Crippen LogP contribution in [0.15, 0.2) is 133 Å². The van der Waals surface area contributed by atoms with Crippen LogP contribution in [0.5, 0.6) is 0 Å². The number of aromatic nitrogens is 1. The maximum absolute atomic E-state index is 5.39. The van der Waals surface area contributed by atoms with Gasteiger partial charge in [-0.05, 0) is 62.6 Å². The molecule has 0 bridgehead atoms. The lowest BCUT2D eigenvalue weighted by molar-refractivity contribution is 0.815. The molecule has 0 saturated heterocycles. The number of rotatable bonds is 8. The van der Waals surface area contributed by atoms with Crippen molar-refractivity contribution >= 4 is 16.5 Å². The second kappa shape index (κ2) is 12.0. The monoisotopic (exact) mass is 546 g/mol. The number of para-hydroxylation sites is 1. The molecule has 2 heteroatoms. The van der Waals surface area contributed by atoms with Crippen LogP contribution in [0.2, 0.25) is 0 Å². The van der Waals surface area contributed by atoms with Gasteiger partial charge >= 0.3 is 0 Å². The average Bonchev–Trinajstić information content (AvgIpc) is 3.03. The van der Waals surface area contributed by atoms with Crippen LogP contribution < -0.4 is 5.32 Å². The molecule has 1 N–H and O–H groups in total. The van der Waals surface area contributed by atoms with Gasteiger partial charge in [0.1, 0.15) is 0 Å². The molecule has 0 spiro atoms. The summed E-state index contributed by atoms with van der Waals surface area (Å²) < 4.78 is 0. The Kier molecular flexibility index (Phi) is 7.88. The number of pyridine rings is 1. The van der Waals surface area contributed by atoms with E-state index in [2.05, 4.69) is 166 Å². The average molecular weight is 547 g/mol. The van der Waals surface area contributed by atoms with Gasteiger partial charge in [-0.25, -0.2) is 0 Å². The molecule has 5 aromatic carbocycles. The van der Waals surface area contributed by atoms with E-state index in [-0.39, 0.29) is 6.04 Å². The Bertz CT molecular complexity index is 1790. The lowest BCUT2D eigenvalue weighted by Gasteiger charge is -2.28. The minimum absolute atomic E-state index is 0.159. The summed E-state index contributed by atoms with van der Waals surface area (Å²) in [4.78, 5) is 5.39. The number of hydrogen-bond acceptors (Lipinski definition) is 2. The highest BCUT2D eigenvalue weighted by Gasteiger charge is 2.24. The molecule has 208 valence electrons. The fraction of sp³-hybridized carbons (Fsp3) is 0.175. The minimum Gasteiger partial charge on any atom is -0.372 e. The van der Waals surface area contributed by atoms with E-state index in [4.69, 9.17) is 4.98 Å². The minimum atomic E-state index is -0.159. The topological polar surface area (TPSA) is 24.9 Å². The third-order valence-electron chi connectivity index (χ3n) is 8.15. The molecule has 0 radical (unpaired) electrons. The van der Waals surface area contributed by atoms with Crippen molar-refractivity contribution in [1.82, 2.24) is 4.98 Å². The largest absolute Gasteiger partial charge is 0.372 e. The summed E-state index contributed by atoms with van der Waals surface area (Å²) in [6.07, 6.45) is 0. The maximum Gasteiger partial charge on any atom is 0.0946 e. The quantitative estimate of drug-likeness (QED) is 0.205. The van der Waals surface area contributed by atoms with Crippen molar-refractivity contribution in [3.63, 3.8) is 0 Å². The van der Waals surface area contributed by atoms with E-state index >= 15 is 0 Å². The first kappa shape index (κ1) is 27.5. The first-order chi connectivity index (χ1) is 20.5. The molecule has 1 heterocycles.